The lowest BCUT2D eigenvalue weighted by Crippen LogP contribution is -2.29. The molecule has 0 bridgehead atoms. The molecule has 0 N–H and O–H groups in total. The van der Waals surface area contributed by atoms with Crippen LogP contribution in [0.15, 0.2) is 41.6 Å². The lowest BCUT2D eigenvalue weighted by atomic mass is 10.1. The van der Waals surface area contributed by atoms with Gasteiger partial charge in [0.2, 0.25) is 10.0 Å². The number of aromatic nitrogens is 3. The van der Waals surface area contributed by atoms with Gasteiger partial charge in [-0.1, -0.05) is 6.07 Å². The highest BCUT2D eigenvalue weighted by atomic mass is 32.2. The largest absolute Gasteiger partial charge is 0.324 e. The summed E-state index contributed by atoms with van der Waals surface area (Å²) >= 11 is 0. The van der Waals surface area contributed by atoms with Crippen LogP contribution in [0.1, 0.15) is 55.6 Å². The van der Waals surface area contributed by atoms with E-state index in [4.69, 9.17) is 4.98 Å². The lowest BCUT2D eigenvalue weighted by molar-refractivity contribution is 0.466. The fraction of sp³-hybridized carbons (Fsp3) is 0.455. The normalized spacial score (nSPS) is 20.0. The maximum absolute atomic E-state index is 13.3. The Labute approximate surface area is 171 Å². The van der Waals surface area contributed by atoms with Crippen LogP contribution >= 0.6 is 0 Å². The molecule has 0 radical (unpaired) electrons. The Morgan fingerprint density at radius 3 is 2.79 bits per heavy atom. The van der Waals surface area contributed by atoms with Gasteiger partial charge < -0.3 is 4.57 Å². The van der Waals surface area contributed by atoms with Crippen molar-refractivity contribution < 1.29 is 8.42 Å². The molecule has 5 rings (SSSR count). The summed E-state index contributed by atoms with van der Waals surface area (Å²) in [7, 11) is -3.48. The molecule has 7 heteroatoms. The Bertz CT molecular complexity index is 1180. The monoisotopic (exact) mass is 410 g/mol. The third-order valence-electron chi connectivity index (χ3n) is 6.26. The van der Waals surface area contributed by atoms with Crippen molar-refractivity contribution in [3.05, 3.63) is 53.6 Å². The van der Waals surface area contributed by atoms with Crippen molar-refractivity contribution in [3.63, 3.8) is 0 Å². The van der Waals surface area contributed by atoms with E-state index in [0.29, 0.717) is 18.0 Å². The first-order valence-corrected chi connectivity index (χ1v) is 11.8. The summed E-state index contributed by atoms with van der Waals surface area (Å²) in [5.74, 6) is 1.06. The minimum absolute atomic E-state index is 0.0917. The lowest BCUT2D eigenvalue weighted by Gasteiger charge is -2.19. The van der Waals surface area contributed by atoms with Crippen LogP contribution in [0, 0.1) is 0 Å². The van der Waals surface area contributed by atoms with Gasteiger partial charge >= 0.3 is 0 Å². The molecule has 1 aromatic carbocycles. The van der Waals surface area contributed by atoms with Crippen LogP contribution < -0.4 is 0 Å². The van der Waals surface area contributed by atoms with Crippen molar-refractivity contribution in [1.82, 2.24) is 18.8 Å². The molecule has 1 fully saturated rings. The summed E-state index contributed by atoms with van der Waals surface area (Å²) in [6.07, 6.45) is 7.54. The third-order valence-corrected chi connectivity index (χ3v) is 8.12. The molecule has 1 unspecified atom stereocenters. The van der Waals surface area contributed by atoms with Gasteiger partial charge in [-0.2, -0.15) is 4.31 Å². The van der Waals surface area contributed by atoms with Gasteiger partial charge in [0.05, 0.1) is 22.1 Å². The SMILES string of the molecule is CC(C)n1c(C2CCN(S(=O)(=O)c3ccc4c(c3)CCC4)C2)nc2ccncc21. The fourth-order valence-electron chi connectivity index (χ4n) is 4.81. The molecule has 0 spiro atoms. The summed E-state index contributed by atoms with van der Waals surface area (Å²) in [5, 5.41) is 0. The Hall–Kier alpha value is -2.25. The Morgan fingerprint density at radius 1 is 1.14 bits per heavy atom. The summed E-state index contributed by atoms with van der Waals surface area (Å²) in [4.78, 5) is 9.54. The number of nitrogens with zero attached hydrogens (tertiary/aromatic N) is 4. The topological polar surface area (TPSA) is 68.1 Å². The number of benzene rings is 1. The Kier molecular flexibility index (Phi) is 4.47. The quantitative estimate of drug-likeness (QED) is 0.658. The van der Waals surface area contributed by atoms with Gasteiger partial charge in [0.25, 0.3) is 0 Å². The third kappa shape index (κ3) is 3.07. The molecule has 3 aromatic rings. The molecule has 6 nitrogen and oxygen atoms in total. The predicted octanol–water partition coefficient (Wildman–Crippen LogP) is 3.68. The van der Waals surface area contributed by atoms with Gasteiger partial charge in [-0.05, 0) is 68.9 Å². The van der Waals surface area contributed by atoms with Crippen molar-refractivity contribution in [2.45, 2.75) is 56.4 Å². The van der Waals surface area contributed by atoms with Gasteiger partial charge in [0, 0.05) is 31.2 Å². The van der Waals surface area contributed by atoms with E-state index in [1.165, 1.54) is 11.1 Å². The van der Waals surface area contributed by atoms with Crippen LogP contribution in [0.3, 0.4) is 0 Å². The van der Waals surface area contributed by atoms with Crippen molar-refractivity contribution in [3.8, 4) is 0 Å². The van der Waals surface area contributed by atoms with E-state index in [0.717, 1.165) is 42.5 Å². The van der Waals surface area contributed by atoms with E-state index in [1.807, 2.05) is 24.4 Å². The molecule has 1 aliphatic heterocycles. The highest BCUT2D eigenvalue weighted by molar-refractivity contribution is 7.89. The van der Waals surface area contributed by atoms with Crippen molar-refractivity contribution in [1.29, 1.82) is 0 Å². The Morgan fingerprint density at radius 2 is 1.97 bits per heavy atom. The molecule has 3 heterocycles. The van der Waals surface area contributed by atoms with Crippen molar-refractivity contribution >= 4 is 21.1 Å². The van der Waals surface area contributed by atoms with Crippen LogP contribution in [0.5, 0.6) is 0 Å². The summed E-state index contributed by atoms with van der Waals surface area (Å²) < 4.78 is 30.4. The average Bonchev–Trinajstić information content (AvgIpc) is 3.43. The second kappa shape index (κ2) is 6.92. The van der Waals surface area contributed by atoms with Crippen molar-refractivity contribution in [2.75, 3.05) is 13.1 Å². The number of hydrogen-bond donors (Lipinski definition) is 0. The highest BCUT2D eigenvalue weighted by Crippen LogP contribution is 2.34. The fourth-order valence-corrected chi connectivity index (χ4v) is 6.36. The van der Waals surface area contributed by atoms with E-state index in [9.17, 15) is 8.42 Å². The molecule has 152 valence electrons. The van der Waals surface area contributed by atoms with E-state index in [-0.39, 0.29) is 12.0 Å². The molecule has 1 saturated heterocycles. The van der Waals surface area contributed by atoms with Gasteiger partial charge in [0.1, 0.15) is 5.82 Å². The number of hydrogen-bond acceptors (Lipinski definition) is 4. The second-order valence-electron chi connectivity index (χ2n) is 8.43. The molecule has 29 heavy (non-hydrogen) atoms. The highest BCUT2D eigenvalue weighted by Gasteiger charge is 2.36. The van der Waals surface area contributed by atoms with Gasteiger partial charge in [0.15, 0.2) is 0 Å². The molecule has 2 aromatic heterocycles. The number of aryl methyl sites for hydroxylation is 2. The van der Waals surface area contributed by atoms with Gasteiger partial charge in [-0.25, -0.2) is 13.4 Å². The number of fused-ring (bicyclic) bond motifs is 2. The van der Waals surface area contributed by atoms with Crippen LogP contribution in [-0.2, 0) is 22.9 Å². The number of sulfonamides is 1. The molecule has 0 amide bonds. The summed E-state index contributed by atoms with van der Waals surface area (Å²) in [6, 6.07) is 7.82. The summed E-state index contributed by atoms with van der Waals surface area (Å²) in [5.41, 5.74) is 4.42. The summed E-state index contributed by atoms with van der Waals surface area (Å²) in [6.45, 7) is 5.27. The van der Waals surface area contributed by atoms with Crippen molar-refractivity contribution in [2.24, 2.45) is 0 Å². The molecule has 1 atom stereocenters. The first-order valence-electron chi connectivity index (χ1n) is 10.4. The smallest absolute Gasteiger partial charge is 0.243 e. The maximum atomic E-state index is 13.3. The minimum Gasteiger partial charge on any atom is -0.324 e. The van der Waals surface area contributed by atoms with E-state index in [2.05, 4.69) is 23.4 Å². The van der Waals surface area contributed by atoms with Gasteiger partial charge in [-0.3, -0.25) is 4.98 Å². The maximum Gasteiger partial charge on any atom is 0.243 e. The zero-order chi connectivity index (χ0) is 20.2. The minimum atomic E-state index is -3.48. The molecule has 0 saturated carbocycles. The zero-order valence-electron chi connectivity index (χ0n) is 16.9. The standard InChI is InChI=1S/C22H26N4O2S/c1-15(2)26-21-13-23-10-8-20(21)24-22(26)18-9-11-25(14-18)29(27,28)19-7-6-16-4-3-5-17(16)12-19/h6-8,10,12-13,15,18H,3-5,9,11,14H2,1-2H3. The predicted molar refractivity (Wildman–Crippen MR) is 112 cm³/mol. The van der Waals surface area contributed by atoms with E-state index >= 15 is 0 Å². The molecular weight excluding hydrogens is 384 g/mol. The van der Waals surface area contributed by atoms with Gasteiger partial charge in [-0.15, -0.1) is 0 Å². The number of pyridine rings is 1. The van der Waals surface area contributed by atoms with E-state index in [1.54, 1.807) is 16.6 Å². The first kappa shape index (κ1) is 18.8. The molecule has 1 aliphatic carbocycles. The van der Waals surface area contributed by atoms with Crippen LogP contribution in [-0.4, -0.2) is 40.3 Å². The van der Waals surface area contributed by atoms with E-state index < -0.39 is 10.0 Å². The van der Waals surface area contributed by atoms with Crippen LogP contribution in [0.2, 0.25) is 0 Å². The first-order chi connectivity index (χ1) is 13.9. The number of rotatable bonds is 4. The molecule has 2 aliphatic rings. The zero-order valence-corrected chi connectivity index (χ0v) is 17.7. The molecular formula is C22H26N4O2S. The average molecular weight is 411 g/mol. The van der Waals surface area contributed by atoms with Crippen LogP contribution in [0.25, 0.3) is 11.0 Å². The Balaban J connectivity index is 1.46. The second-order valence-corrected chi connectivity index (χ2v) is 10.4. The number of imidazole rings is 1. The van der Waals surface area contributed by atoms with Crippen LogP contribution in [0.4, 0.5) is 0 Å².